The summed E-state index contributed by atoms with van der Waals surface area (Å²) in [4.78, 5) is 23.8. The highest BCUT2D eigenvalue weighted by Crippen LogP contribution is 2.43. The number of benzene rings is 1. The number of rotatable bonds is 8. The normalized spacial score (nSPS) is 17.3. The van der Waals surface area contributed by atoms with E-state index in [0.717, 1.165) is 11.6 Å². The van der Waals surface area contributed by atoms with Crippen LogP contribution < -0.4 is 10.6 Å². The third kappa shape index (κ3) is 4.65. The van der Waals surface area contributed by atoms with E-state index in [1.807, 2.05) is 0 Å². The summed E-state index contributed by atoms with van der Waals surface area (Å²) in [6.07, 6.45) is -3.07. The number of hydrogen-bond acceptors (Lipinski definition) is 6. The van der Waals surface area contributed by atoms with E-state index >= 15 is 0 Å². The van der Waals surface area contributed by atoms with Gasteiger partial charge in [-0.15, -0.1) is 11.6 Å². The molecule has 1 aliphatic heterocycles. The predicted octanol–water partition coefficient (Wildman–Crippen LogP) is 4.65. The van der Waals surface area contributed by atoms with E-state index in [2.05, 4.69) is 20.6 Å². The SMILES string of the molecule is COC1(C(=O)N2Cc3nc(NCCCl)nc(N[C@H](C)c4cccc(C(F)(F)F)c4C)c3C2)CC1. The zero-order valence-electron chi connectivity index (χ0n) is 19.2. The van der Waals surface area contributed by atoms with Crippen LogP contribution in [0.25, 0.3) is 0 Å². The molecular formula is C23H27ClF3N5O2. The average Bonchev–Trinajstić information content (AvgIpc) is 3.47. The molecule has 0 spiro atoms. The van der Waals surface area contributed by atoms with Gasteiger partial charge in [-0.05, 0) is 43.9 Å². The van der Waals surface area contributed by atoms with Crippen molar-refractivity contribution < 1.29 is 22.7 Å². The predicted molar refractivity (Wildman–Crippen MR) is 123 cm³/mol. The molecule has 7 nitrogen and oxygen atoms in total. The number of alkyl halides is 4. The van der Waals surface area contributed by atoms with Crippen LogP contribution >= 0.6 is 11.6 Å². The quantitative estimate of drug-likeness (QED) is 0.517. The average molecular weight is 498 g/mol. The molecule has 2 aliphatic rings. The Balaban J connectivity index is 1.64. The van der Waals surface area contributed by atoms with Gasteiger partial charge in [0.25, 0.3) is 5.91 Å². The summed E-state index contributed by atoms with van der Waals surface area (Å²) in [6.45, 7) is 4.30. The van der Waals surface area contributed by atoms with Gasteiger partial charge >= 0.3 is 6.18 Å². The van der Waals surface area contributed by atoms with Crippen molar-refractivity contribution in [2.24, 2.45) is 0 Å². The van der Waals surface area contributed by atoms with Gasteiger partial charge in [-0.1, -0.05) is 12.1 Å². The lowest BCUT2D eigenvalue weighted by Crippen LogP contribution is -2.38. The van der Waals surface area contributed by atoms with Crippen LogP contribution in [0.15, 0.2) is 18.2 Å². The highest BCUT2D eigenvalue weighted by molar-refractivity contribution is 6.18. The zero-order chi connectivity index (χ0) is 24.7. The van der Waals surface area contributed by atoms with Crippen molar-refractivity contribution in [1.82, 2.24) is 14.9 Å². The van der Waals surface area contributed by atoms with Gasteiger partial charge in [0, 0.05) is 25.1 Å². The van der Waals surface area contributed by atoms with Crippen molar-refractivity contribution in [3.8, 4) is 0 Å². The molecule has 2 N–H and O–H groups in total. The number of ether oxygens (including phenoxy) is 1. The van der Waals surface area contributed by atoms with E-state index in [9.17, 15) is 18.0 Å². The standard InChI is InChI=1S/C23H27ClF3N5O2/c1-13-15(5-4-6-17(13)23(25,26)27)14(2)29-19-16-11-32(20(33)22(34-3)7-8-22)12-18(16)30-21(31-19)28-10-9-24/h4-6,14H,7-12H2,1-3H3,(H2,28,29,30,31)/t14-/m1/s1. The molecular weight excluding hydrogens is 471 g/mol. The molecule has 2 heterocycles. The molecule has 1 saturated carbocycles. The van der Waals surface area contributed by atoms with Gasteiger partial charge in [0.1, 0.15) is 11.4 Å². The molecule has 4 rings (SSSR count). The lowest BCUT2D eigenvalue weighted by Gasteiger charge is -2.22. The molecule has 34 heavy (non-hydrogen) atoms. The number of carbonyl (C=O) groups excluding carboxylic acids is 1. The minimum absolute atomic E-state index is 0.0870. The first-order valence-corrected chi connectivity index (χ1v) is 11.6. The Morgan fingerprint density at radius 3 is 2.65 bits per heavy atom. The number of amides is 1. The first-order chi connectivity index (χ1) is 16.1. The summed E-state index contributed by atoms with van der Waals surface area (Å²) in [5.74, 6) is 1.08. The summed E-state index contributed by atoms with van der Waals surface area (Å²) in [5, 5.41) is 6.31. The van der Waals surface area contributed by atoms with Crippen LogP contribution in [-0.2, 0) is 28.8 Å². The minimum Gasteiger partial charge on any atom is -0.368 e. The van der Waals surface area contributed by atoms with Crippen LogP contribution in [0.2, 0.25) is 0 Å². The largest absolute Gasteiger partial charge is 0.416 e. The number of anilines is 2. The van der Waals surface area contributed by atoms with Crippen molar-refractivity contribution >= 4 is 29.3 Å². The fourth-order valence-electron chi connectivity index (χ4n) is 4.38. The molecule has 11 heteroatoms. The van der Waals surface area contributed by atoms with Crippen LogP contribution in [0.5, 0.6) is 0 Å². The van der Waals surface area contributed by atoms with E-state index in [0.29, 0.717) is 61.4 Å². The Labute approximate surface area is 201 Å². The van der Waals surface area contributed by atoms with E-state index < -0.39 is 23.4 Å². The van der Waals surface area contributed by atoms with E-state index in [4.69, 9.17) is 16.3 Å². The smallest absolute Gasteiger partial charge is 0.368 e. The Morgan fingerprint density at radius 2 is 2.03 bits per heavy atom. The van der Waals surface area contributed by atoms with Crippen molar-refractivity contribution in [3.05, 3.63) is 46.1 Å². The van der Waals surface area contributed by atoms with Crippen LogP contribution in [0.3, 0.4) is 0 Å². The molecule has 0 bridgehead atoms. The van der Waals surface area contributed by atoms with Crippen LogP contribution in [0.1, 0.15) is 53.8 Å². The molecule has 1 aromatic heterocycles. The van der Waals surface area contributed by atoms with Gasteiger partial charge < -0.3 is 20.3 Å². The Bertz CT molecular complexity index is 1090. The Kier molecular flexibility index (Phi) is 6.65. The fraction of sp³-hybridized carbons (Fsp3) is 0.522. The molecule has 0 radical (unpaired) electrons. The van der Waals surface area contributed by atoms with Crippen molar-refractivity contribution in [3.63, 3.8) is 0 Å². The highest BCUT2D eigenvalue weighted by atomic mass is 35.5. The summed E-state index contributed by atoms with van der Waals surface area (Å²) in [5.41, 5.74) is 0.678. The topological polar surface area (TPSA) is 79.4 Å². The molecule has 0 unspecified atom stereocenters. The molecule has 1 amide bonds. The molecule has 1 aliphatic carbocycles. The van der Waals surface area contributed by atoms with Gasteiger partial charge in [-0.2, -0.15) is 18.2 Å². The second kappa shape index (κ2) is 9.22. The van der Waals surface area contributed by atoms with E-state index in [-0.39, 0.29) is 11.5 Å². The summed E-state index contributed by atoms with van der Waals surface area (Å²) >= 11 is 5.79. The zero-order valence-corrected chi connectivity index (χ0v) is 20.0. The van der Waals surface area contributed by atoms with Crippen LogP contribution in [0, 0.1) is 6.92 Å². The maximum Gasteiger partial charge on any atom is 0.416 e. The maximum absolute atomic E-state index is 13.4. The Morgan fingerprint density at radius 1 is 1.29 bits per heavy atom. The van der Waals surface area contributed by atoms with E-state index in [1.165, 1.54) is 20.1 Å². The monoisotopic (exact) mass is 497 g/mol. The molecule has 1 aromatic carbocycles. The second-order valence-corrected chi connectivity index (χ2v) is 9.06. The highest BCUT2D eigenvalue weighted by Gasteiger charge is 2.53. The summed E-state index contributed by atoms with van der Waals surface area (Å²) in [6, 6.07) is 3.68. The molecule has 1 atom stereocenters. The molecule has 184 valence electrons. The Hall–Kier alpha value is -2.59. The number of nitrogens with one attached hydrogen (secondary N) is 2. The summed E-state index contributed by atoms with van der Waals surface area (Å²) in [7, 11) is 1.54. The van der Waals surface area contributed by atoms with Crippen molar-refractivity contribution in [1.29, 1.82) is 0 Å². The number of hydrogen-bond donors (Lipinski definition) is 2. The van der Waals surface area contributed by atoms with Gasteiger partial charge in [0.05, 0.1) is 30.4 Å². The van der Waals surface area contributed by atoms with Crippen LogP contribution in [0.4, 0.5) is 24.9 Å². The fourth-order valence-corrected chi connectivity index (χ4v) is 4.47. The van der Waals surface area contributed by atoms with Gasteiger partial charge in [0.2, 0.25) is 5.95 Å². The lowest BCUT2D eigenvalue weighted by atomic mass is 9.97. The number of carbonyl (C=O) groups is 1. The number of fused-ring (bicyclic) bond motifs is 1. The lowest BCUT2D eigenvalue weighted by molar-refractivity contribution is -0.145. The number of aromatic nitrogens is 2. The maximum atomic E-state index is 13.4. The third-order valence-electron chi connectivity index (χ3n) is 6.43. The second-order valence-electron chi connectivity index (χ2n) is 8.68. The van der Waals surface area contributed by atoms with E-state index in [1.54, 1.807) is 17.9 Å². The third-order valence-corrected chi connectivity index (χ3v) is 6.62. The minimum atomic E-state index is -4.43. The molecule has 1 fully saturated rings. The van der Waals surface area contributed by atoms with Crippen LogP contribution in [-0.4, -0.2) is 45.9 Å². The number of halogens is 4. The first kappa shape index (κ1) is 24.5. The van der Waals surface area contributed by atoms with Gasteiger partial charge in [-0.3, -0.25) is 4.79 Å². The van der Waals surface area contributed by atoms with Crippen molar-refractivity contribution in [2.75, 3.05) is 30.2 Å². The van der Waals surface area contributed by atoms with Crippen molar-refractivity contribution in [2.45, 2.75) is 57.6 Å². The summed E-state index contributed by atoms with van der Waals surface area (Å²) < 4.78 is 45.7. The van der Waals surface area contributed by atoms with Gasteiger partial charge in [0.15, 0.2) is 0 Å². The molecule has 2 aromatic rings. The molecule has 0 saturated heterocycles. The van der Waals surface area contributed by atoms with Gasteiger partial charge in [-0.25, -0.2) is 4.98 Å². The number of methoxy groups -OCH3 is 1. The first-order valence-electron chi connectivity index (χ1n) is 11.1. The number of nitrogens with zero attached hydrogens (tertiary/aromatic N) is 3.